The van der Waals surface area contributed by atoms with Crippen molar-refractivity contribution in [1.82, 2.24) is 29.8 Å². The molecule has 1 aliphatic heterocycles. The molecule has 3 aromatic carbocycles. The Balaban J connectivity index is 1.53. The molecule has 0 atom stereocenters. The van der Waals surface area contributed by atoms with E-state index in [2.05, 4.69) is 61.4 Å². The number of hydrogen-bond donors (Lipinski definition) is 0. The number of aromatic nitrogens is 6. The van der Waals surface area contributed by atoms with Crippen molar-refractivity contribution in [3.63, 3.8) is 0 Å². The van der Waals surface area contributed by atoms with Gasteiger partial charge in [0.15, 0.2) is 17.3 Å². The van der Waals surface area contributed by atoms with Crippen molar-refractivity contribution in [3.8, 4) is 0 Å². The summed E-state index contributed by atoms with van der Waals surface area (Å²) in [5.41, 5.74) is 5.28. The molecule has 0 saturated heterocycles. The Morgan fingerprint density at radius 1 is 0.595 bits per heavy atom. The van der Waals surface area contributed by atoms with Crippen molar-refractivity contribution in [3.05, 3.63) is 114 Å². The van der Waals surface area contributed by atoms with Crippen LogP contribution in [0.15, 0.2) is 96.8 Å². The van der Waals surface area contributed by atoms with Crippen LogP contribution >= 0.6 is 0 Å². The third kappa shape index (κ3) is 3.41. The summed E-state index contributed by atoms with van der Waals surface area (Å²) in [6, 6.07) is 28.4. The quantitative estimate of drug-likeness (QED) is 0.351. The smallest absolute Gasteiger partial charge is 0.185 e. The largest absolute Gasteiger partial charge is 0.277 e. The summed E-state index contributed by atoms with van der Waals surface area (Å²) >= 11 is 0. The van der Waals surface area contributed by atoms with Crippen molar-refractivity contribution < 1.29 is 0 Å². The van der Waals surface area contributed by atoms with Crippen LogP contribution in [-0.2, 0) is 0 Å². The molecule has 0 fully saturated rings. The lowest BCUT2D eigenvalue weighted by Gasteiger charge is -2.24. The topological polar surface area (TPSA) is 75.3 Å². The first-order chi connectivity index (χ1) is 18.2. The minimum Gasteiger partial charge on any atom is -0.277 e. The maximum Gasteiger partial charge on any atom is 0.185 e. The molecule has 1 aliphatic rings. The number of nitrogens with zero attached hydrogens (tertiary/aromatic N) is 8. The van der Waals surface area contributed by atoms with Crippen molar-refractivity contribution in [2.75, 3.05) is 9.80 Å². The van der Waals surface area contributed by atoms with Crippen molar-refractivity contribution in [2.24, 2.45) is 0 Å². The van der Waals surface area contributed by atoms with Crippen LogP contribution in [0.5, 0.6) is 0 Å². The molecule has 0 amide bonds. The Labute approximate surface area is 212 Å². The van der Waals surface area contributed by atoms with E-state index in [4.69, 9.17) is 9.97 Å². The number of fused-ring (bicyclic) bond motifs is 3. The van der Waals surface area contributed by atoms with Gasteiger partial charge in [0, 0.05) is 16.6 Å². The molecule has 0 bridgehead atoms. The molecular weight excluding hydrogens is 460 g/mol. The summed E-state index contributed by atoms with van der Waals surface area (Å²) in [6.07, 6.45) is 4.14. The third-order valence-corrected chi connectivity index (χ3v) is 6.42. The molecule has 0 aliphatic carbocycles. The van der Waals surface area contributed by atoms with Gasteiger partial charge < -0.3 is 0 Å². The van der Waals surface area contributed by atoms with Gasteiger partial charge in [0.05, 0.1) is 16.7 Å². The van der Waals surface area contributed by atoms with Crippen molar-refractivity contribution in [2.45, 2.75) is 13.8 Å². The summed E-state index contributed by atoms with van der Waals surface area (Å²) in [4.78, 5) is 19.1. The zero-order valence-electron chi connectivity index (χ0n) is 20.3. The summed E-state index contributed by atoms with van der Waals surface area (Å²) in [5, 5.41) is 9.84. The minimum absolute atomic E-state index is 0.690. The van der Waals surface area contributed by atoms with Gasteiger partial charge in [0.2, 0.25) is 0 Å². The summed E-state index contributed by atoms with van der Waals surface area (Å²) in [5.74, 6) is 3.14. The standard InChI is InChI=1S/C29H22N8/c1-19-23(27-30-20(2)34-37(27)33-19)17-18-26-35(21-11-5-3-6-12-21)28-29(36(26)22-13-7-4-8-14-22)32-25-16-10-9-15-24(25)31-28/h3-18H,1-2H3/b23-17-. The van der Waals surface area contributed by atoms with E-state index in [1.807, 2.05) is 74.5 Å². The van der Waals surface area contributed by atoms with E-state index in [1.54, 1.807) is 4.63 Å². The maximum absolute atomic E-state index is 5.08. The number of hydrogen-bond acceptors (Lipinski definition) is 7. The molecular formula is C29H22N8. The van der Waals surface area contributed by atoms with Crippen LogP contribution < -0.4 is 15.0 Å². The predicted molar refractivity (Wildman–Crippen MR) is 145 cm³/mol. The Hall–Kier alpha value is -5.11. The first-order valence-electron chi connectivity index (χ1n) is 12.1. The van der Waals surface area contributed by atoms with Crippen molar-refractivity contribution in [1.29, 1.82) is 0 Å². The SMILES string of the molecule is Cc1nc2/c(=C\C=C3N(c4ccccc4)c4nc5ccccc5nc4N3c3ccccc3)c(C)nn2n1. The van der Waals surface area contributed by atoms with Crippen LogP contribution in [0.4, 0.5) is 23.0 Å². The van der Waals surface area contributed by atoms with Crippen LogP contribution in [0.3, 0.4) is 0 Å². The molecule has 3 aromatic heterocycles. The van der Waals surface area contributed by atoms with Crippen LogP contribution in [0, 0.1) is 13.8 Å². The fourth-order valence-electron chi connectivity index (χ4n) is 4.76. The lowest BCUT2D eigenvalue weighted by Crippen LogP contribution is -2.22. The Morgan fingerprint density at radius 3 is 1.70 bits per heavy atom. The second-order valence-corrected chi connectivity index (χ2v) is 8.86. The lowest BCUT2D eigenvalue weighted by atomic mass is 10.2. The molecule has 0 saturated carbocycles. The third-order valence-electron chi connectivity index (χ3n) is 6.42. The van der Waals surface area contributed by atoms with Gasteiger partial charge in [-0.3, -0.25) is 9.80 Å². The van der Waals surface area contributed by atoms with Crippen LogP contribution in [0.1, 0.15) is 11.5 Å². The molecule has 0 unspecified atom stereocenters. The zero-order valence-corrected chi connectivity index (χ0v) is 20.3. The van der Waals surface area contributed by atoms with E-state index in [1.165, 1.54) is 0 Å². The minimum atomic E-state index is 0.690. The Bertz CT molecular complexity index is 1770. The molecule has 8 nitrogen and oxygen atoms in total. The molecule has 7 rings (SSSR count). The van der Waals surface area contributed by atoms with Gasteiger partial charge in [-0.2, -0.15) is 5.10 Å². The second kappa shape index (κ2) is 8.23. The molecule has 8 heteroatoms. The number of aryl methyl sites for hydroxylation is 2. The highest BCUT2D eigenvalue weighted by Crippen LogP contribution is 2.48. The second-order valence-electron chi connectivity index (χ2n) is 8.86. The van der Waals surface area contributed by atoms with E-state index >= 15 is 0 Å². The summed E-state index contributed by atoms with van der Waals surface area (Å²) in [6.45, 7) is 3.84. The average molecular weight is 483 g/mol. The van der Waals surface area contributed by atoms with Gasteiger partial charge in [0.1, 0.15) is 11.6 Å². The molecule has 6 aromatic rings. The van der Waals surface area contributed by atoms with Crippen LogP contribution in [0.2, 0.25) is 0 Å². The highest BCUT2D eigenvalue weighted by molar-refractivity contribution is 5.93. The molecule has 37 heavy (non-hydrogen) atoms. The number of rotatable bonds is 3. The van der Waals surface area contributed by atoms with Gasteiger partial charge in [-0.1, -0.05) is 48.5 Å². The average Bonchev–Trinajstić information content (AvgIpc) is 3.54. The highest BCUT2D eigenvalue weighted by Gasteiger charge is 2.36. The molecule has 0 radical (unpaired) electrons. The molecule has 178 valence electrons. The fraction of sp³-hybridized carbons (Fsp3) is 0.0690. The fourth-order valence-corrected chi connectivity index (χ4v) is 4.76. The van der Waals surface area contributed by atoms with Crippen LogP contribution in [-0.4, -0.2) is 29.8 Å². The van der Waals surface area contributed by atoms with Gasteiger partial charge in [-0.25, -0.2) is 15.0 Å². The van der Waals surface area contributed by atoms with Gasteiger partial charge in [-0.05, 0) is 62.4 Å². The van der Waals surface area contributed by atoms with E-state index in [-0.39, 0.29) is 0 Å². The highest BCUT2D eigenvalue weighted by atomic mass is 15.5. The molecule has 0 N–H and O–H groups in total. The van der Waals surface area contributed by atoms with Gasteiger partial charge in [0.25, 0.3) is 0 Å². The number of allylic oxidation sites excluding steroid dienone is 1. The molecule has 4 heterocycles. The number of para-hydroxylation sites is 4. The van der Waals surface area contributed by atoms with Gasteiger partial charge in [-0.15, -0.1) is 9.73 Å². The maximum atomic E-state index is 5.08. The number of benzene rings is 3. The van der Waals surface area contributed by atoms with E-state index in [9.17, 15) is 0 Å². The summed E-state index contributed by atoms with van der Waals surface area (Å²) in [7, 11) is 0. The monoisotopic (exact) mass is 482 g/mol. The summed E-state index contributed by atoms with van der Waals surface area (Å²) < 4.78 is 1.60. The van der Waals surface area contributed by atoms with E-state index in [0.29, 0.717) is 5.82 Å². The first kappa shape index (κ1) is 21.2. The predicted octanol–water partition coefficient (Wildman–Crippen LogP) is 5.02. The Morgan fingerprint density at radius 2 is 1.14 bits per heavy atom. The zero-order chi connectivity index (χ0) is 24.9. The van der Waals surface area contributed by atoms with Gasteiger partial charge >= 0.3 is 0 Å². The van der Waals surface area contributed by atoms with E-state index < -0.39 is 0 Å². The molecule has 0 spiro atoms. The first-order valence-corrected chi connectivity index (χ1v) is 12.1. The van der Waals surface area contributed by atoms with Crippen LogP contribution in [0.25, 0.3) is 22.8 Å². The Kier molecular flexibility index (Phi) is 4.72. The van der Waals surface area contributed by atoms with E-state index in [0.717, 1.165) is 56.4 Å². The lowest BCUT2D eigenvalue weighted by molar-refractivity contribution is 0.793. The van der Waals surface area contributed by atoms with Crippen molar-refractivity contribution >= 4 is 45.8 Å². The number of anilines is 4. The normalized spacial score (nSPS) is 13.7.